The van der Waals surface area contributed by atoms with Crippen LogP contribution in [0, 0.1) is 28.6 Å². The van der Waals surface area contributed by atoms with Gasteiger partial charge in [-0.05, 0) is 61.2 Å². The van der Waals surface area contributed by atoms with Gasteiger partial charge in [0.25, 0.3) is 0 Å². The Hall–Kier alpha value is -1.52. The molecule has 134 valence electrons. The topological polar surface area (TPSA) is 74.6 Å². The zero-order valence-electron chi connectivity index (χ0n) is 14.9. The Morgan fingerprint density at radius 1 is 1.20 bits per heavy atom. The molecule has 0 amide bonds. The molecule has 4 heteroatoms. The predicted molar refractivity (Wildman–Crippen MR) is 93.6 cm³/mol. The van der Waals surface area contributed by atoms with Crippen LogP contribution in [0.5, 0.6) is 0 Å². The van der Waals surface area contributed by atoms with Crippen molar-refractivity contribution in [3.63, 3.8) is 0 Å². The average molecular weight is 342 g/mol. The molecule has 0 aromatic heterocycles. The molecule has 0 unspecified atom stereocenters. The Morgan fingerprint density at radius 2 is 1.92 bits per heavy atom. The molecule has 2 N–H and O–H groups in total. The summed E-state index contributed by atoms with van der Waals surface area (Å²) in [5, 5.41) is 20.5. The predicted octanol–water partition coefficient (Wildman–Crippen LogP) is 2.36. The Balaban J connectivity index is 1.74. The molecule has 2 saturated carbocycles. The van der Waals surface area contributed by atoms with Gasteiger partial charge in [0.05, 0.1) is 0 Å². The lowest BCUT2D eigenvalue weighted by atomic mass is 9.49. The highest BCUT2D eigenvalue weighted by molar-refractivity contribution is 6.01. The monoisotopic (exact) mass is 342 g/mol. The fourth-order valence-corrected chi connectivity index (χ4v) is 6.26. The van der Waals surface area contributed by atoms with Crippen molar-refractivity contribution in [3.8, 4) is 0 Å². The number of hydrogen-bond acceptors (Lipinski definition) is 4. The minimum atomic E-state index is -1.42. The molecule has 0 aromatic carbocycles. The molecule has 0 aliphatic heterocycles. The highest BCUT2D eigenvalue weighted by Crippen LogP contribution is 2.65. The molecule has 4 nitrogen and oxygen atoms in total. The number of aliphatic hydroxyl groups excluding tert-OH is 1. The molecule has 6 atom stereocenters. The summed E-state index contributed by atoms with van der Waals surface area (Å²) >= 11 is 0. The molecule has 2 fully saturated rings. The Morgan fingerprint density at radius 3 is 2.64 bits per heavy atom. The van der Waals surface area contributed by atoms with Gasteiger partial charge in [-0.2, -0.15) is 0 Å². The third kappa shape index (κ3) is 2.01. The fraction of sp³-hybridized carbons (Fsp3) is 0.619. The third-order valence-corrected chi connectivity index (χ3v) is 7.87. The largest absolute Gasteiger partial charge is 0.388 e. The van der Waals surface area contributed by atoms with Gasteiger partial charge in [0.1, 0.15) is 12.2 Å². The second kappa shape index (κ2) is 5.24. The molecular formula is C21H26O4. The van der Waals surface area contributed by atoms with Crippen molar-refractivity contribution in [2.75, 3.05) is 6.61 Å². The number of carbonyl (C=O) groups excluding carboxylic acids is 2. The van der Waals surface area contributed by atoms with E-state index in [0.717, 1.165) is 24.8 Å². The lowest BCUT2D eigenvalue weighted by Gasteiger charge is -2.56. The zero-order valence-corrected chi connectivity index (χ0v) is 14.9. The quantitative estimate of drug-likeness (QED) is 0.808. The lowest BCUT2D eigenvalue weighted by molar-refractivity contribution is -0.160. The molecule has 4 rings (SSSR count). The fourth-order valence-electron chi connectivity index (χ4n) is 6.26. The Kier molecular flexibility index (Phi) is 3.55. The van der Waals surface area contributed by atoms with Crippen molar-refractivity contribution >= 4 is 11.6 Å². The van der Waals surface area contributed by atoms with Gasteiger partial charge in [-0.1, -0.05) is 32.1 Å². The zero-order chi connectivity index (χ0) is 18.0. The first-order valence-electron chi connectivity index (χ1n) is 9.26. The van der Waals surface area contributed by atoms with E-state index in [9.17, 15) is 19.8 Å². The Labute approximate surface area is 148 Å². The number of hydrogen-bond donors (Lipinski definition) is 2. The third-order valence-electron chi connectivity index (χ3n) is 7.87. The van der Waals surface area contributed by atoms with Crippen LogP contribution in [0.15, 0.2) is 36.0 Å². The number of rotatable bonds is 2. The first kappa shape index (κ1) is 16.9. The summed E-state index contributed by atoms with van der Waals surface area (Å²) in [6.45, 7) is 3.63. The summed E-state index contributed by atoms with van der Waals surface area (Å²) in [4.78, 5) is 24.1. The molecule has 4 aliphatic rings. The van der Waals surface area contributed by atoms with E-state index >= 15 is 0 Å². The van der Waals surface area contributed by atoms with Gasteiger partial charge in [0.15, 0.2) is 11.6 Å². The van der Waals surface area contributed by atoms with Crippen molar-refractivity contribution in [2.24, 2.45) is 28.6 Å². The van der Waals surface area contributed by atoms with Gasteiger partial charge in [-0.3, -0.25) is 9.59 Å². The highest BCUT2D eigenvalue weighted by atomic mass is 16.3. The molecule has 0 bridgehead atoms. The second-order valence-electron chi connectivity index (χ2n) is 8.70. The molecule has 0 spiro atoms. The van der Waals surface area contributed by atoms with Crippen molar-refractivity contribution in [1.29, 1.82) is 0 Å². The van der Waals surface area contributed by atoms with E-state index in [0.29, 0.717) is 12.3 Å². The van der Waals surface area contributed by atoms with E-state index in [1.54, 1.807) is 12.2 Å². The van der Waals surface area contributed by atoms with Crippen molar-refractivity contribution in [2.45, 2.75) is 45.1 Å². The van der Waals surface area contributed by atoms with E-state index < -0.39 is 23.4 Å². The van der Waals surface area contributed by atoms with Crippen LogP contribution in [0.4, 0.5) is 0 Å². The summed E-state index contributed by atoms with van der Waals surface area (Å²) in [6, 6.07) is 0. The maximum atomic E-state index is 12.3. The summed E-state index contributed by atoms with van der Waals surface area (Å²) in [6.07, 6.45) is 12.6. The SMILES string of the molecule is C[C@]12C=CC(=O)C=C1C=C[C@@H]1[C@@H]2CC[C@@]2(C)[C@H]1CC[C@]2(O)C(=O)CO. The van der Waals surface area contributed by atoms with Crippen LogP contribution in [-0.4, -0.2) is 34.0 Å². The minimum absolute atomic E-state index is 0.0417. The maximum absolute atomic E-state index is 12.3. The number of aliphatic hydroxyl groups is 2. The van der Waals surface area contributed by atoms with Gasteiger partial charge in [-0.25, -0.2) is 0 Å². The molecule has 4 aliphatic carbocycles. The Bertz CT molecular complexity index is 732. The van der Waals surface area contributed by atoms with E-state index in [1.807, 2.05) is 6.92 Å². The summed E-state index contributed by atoms with van der Waals surface area (Å²) in [7, 11) is 0. The molecule has 0 heterocycles. The van der Waals surface area contributed by atoms with Crippen LogP contribution in [0.1, 0.15) is 39.5 Å². The van der Waals surface area contributed by atoms with Crippen molar-refractivity contribution < 1.29 is 19.8 Å². The van der Waals surface area contributed by atoms with Crippen molar-refractivity contribution in [3.05, 3.63) is 36.0 Å². The first-order chi connectivity index (χ1) is 11.8. The van der Waals surface area contributed by atoms with E-state index in [4.69, 9.17) is 0 Å². The van der Waals surface area contributed by atoms with Crippen LogP contribution in [-0.2, 0) is 9.59 Å². The number of allylic oxidation sites excluding steroid dienone is 6. The standard InChI is InChI=1S/C21H26O4/c1-19-8-5-14(23)11-13(19)3-4-15-16(19)6-9-20(2)17(15)7-10-21(20,25)18(24)12-22/h3-5,8,11,15-17,22,25H,6-7,9-10,12H2,1-2H3/t15-,16+,17+,19+,20+,21+/m1/s1. The van der Waals surface area contributed by atoms with Crippen LogP contribution in [0.3, 0.4) is 0 Å². The minimum Gasteiger partial charge on any atom is -0.388 e. The molecule has 0 aromatic rings. The van der Waals surface area contributed by atoms with Crippen molar-refractivity contribution in [1.82, 2.24) is 0 Å². The summed E-state index contributed by atoms with van der Waals surface area (Å²) in [5.74, 6) is 0.468. The summed E-state index contributed by atoms with van der Waals surface area (Å²) < 4.78 is 0. The normalized spacial score (nSPS) is 47.8. The highest BCUT2D eigenvalue weighted by Gasteiger charge is 2.65. The lowest BCUT2D eigenvalue weighted by Crippen LogP contribution is -2.57. The van der Waals surface area contributed by atoms with Crippen LogP contribution in [0.2, 0.25) is 0 Å². The number of ketones is 2. The van der Waals surface area contributed by atoms with Crippen LogP contribution >= 0.6 is 0 Å². The van der Waals surface area contributed by atoms with Gasteiger partial charge in [0, 0.05) is 10.8 Å². The first-order valence-corrected chi connectivity index (χ1v) is 9.26. The molecule has 0 saturated heterocycles. The van der Waals surface area contributed by atoms with Gasteiger partial charge < -0.3 is 10.2 Å². The number of fused-ring (bicyclic) bond motifs is 5. The van der Waals surface area contributed by atoms with E-state index in [1.165, 1.54) is 0 Å². The second-order valence-corrected chi connectivity index (χ2v) is 8.70. The van der Waals surface area contributed by atoms with E-state index in [2.05, 4.69) is 25.2 Å². The van der Waals surface area contributed by atoms with E-state index in [-0.39, 0.29) is 23.0 Å². The number of Topliss-reactive ketones (excluding diaryl/α,β-unsaturated/α-hetero) is 1. The molecule has 0 radical (unpaired) electrons. The summed E-state index contributed by atoms with van der Waals surface area (Å²) in [5.41, 5.74) is -0.995. The van der Waals surface area contributed by atoms with Crippen LogP contribution < -0.4 is 0 Å². The molecular weight excluding hydrogens is 316 g/mol. The van der Waals surface area contributed by atoms with Gasteiger partial charge in [-0.15, -0.1) is 0 Å². The smallest absolute Gasteiger partial charge is 0.190 e. The molecule has 25 heavy (non-hydrogen) atoms. The van der Waals surface area contributed by atoms with Gasteiger partial charge >= 0.3 is 0 Å². The van der Waals surface area contributed by atoms with Gasteiger partial charge in [0.2, 0.25) is 0 Å². The maximum Gasteiger partial charge on any atom is 0.190 e. The van der Waals surface area contributed by atoms with Crippen LogP contribution in [0.25, 0.3) is 0 Å². The number of carbonyl (C=O) groups is 2. The average Bonchev–Trinajstić information content (AvgIpc) is 2.87.